The van der Waals surface area contributed by atoms with Crippen molar-refractivity contribution in [3.8, 4) is 0 Å². The van der Waals surface area contributed by atoms with E-state index >= 15 is 0 Å². The van der Waals surface area contributed by atoms with Crippen molar-refractivity contribution in [2.75, 3.05) is 26.2 Å². The lowest BCUT2D eigenvalue weighted by Gasteiger charge is -2.30. The predicted octanol–water partition coefficient (Wildman–Crippen LogP) is 2.80. The standard InChI is InChI=1S/C21H28N4O/c26-21(17-5-2-1-3-6-17)25-12-11-22-14-16(15-25)13-18-8-10-23-19-7-4-9-24-20(18)19/h4,7-10,16-17,22H,1-3,5-6,11-15H2/t16-/m0/s1. The summed E-state index contributed by atoms with van der Waals surface area (Å²) in [6, 6.07) is 6.01. The van der Waals surface area contributed by atoms with Gasteiger partial charge in [-0.15, -0.1) is 0 Å². The molecule has 2 aromatic rings. The van der Waals surface area contributed by atoms with Crippen LogP contribution in [0.3, 0.4) is 0 Å². The Kier molecular flexibility index (Phi) is 5.44. The van der Waals surface area contributed by atoms with Crippen LogP contribution < -0.4 is 5.32 Å². The van der Waals surface area contributed by atoms with Crippen LogP contribution in [0.1, 0.15) is 37.7 Å². The second-order valence-corrected chi connectivity index (χ2v) is 7.73. The van der Waals surface area contributed by atoms with E-state index in [1.165, 1.54) is 24.8 Å². The van der Waals surface area contributed by atoms with Crippen molar-refractivity contribution >= 4 is 16.9 Å². The number of hydrogen-bond acceptors (Lipinski definition) is 4. The minimum absolute atomic E-state index is 0.255. The average molecular weight is 352 g/mol. The normalized spacial score (nSPS) is 22.3. The summed E-state index contributed by atoms with van der Waals surface area (Å²) in [5, 5.41) is 3.52. The predicted molar refractivity (Wildman–Crippen MR) is 103 cm³/mol. The van der Waals surface area contributed by atoms with Crippen molar-refractivity contribution in [2.24, 2.45) is 11.8 Å². The highest BCUT2D eigenvalue weighted by molar-refractivity contribution is 5.79. The van der Waals surface area contributed by atoms with E-state index in [1.807, 2.05) is 24.5 Å². The molecule has 4 rings (SSSR count). The Morgan fingerprint density at radius 1 is 1.15 bits per heavy atom. The van der Waals surface area contributed by atoms with Crippen LogP contribution in [0.5, 0.6) is 0 Å². The summed E-state index contributed by atoms with van der Waals surface area (Å²) in [6.45, 7) is 3.52. The number of aromatic nitrogens is 2. The van der Waals surface area contributed by atoms with Crippen LogP contribution in [0.2, 0.25) is 0 Å². The molecule has 5 nitrogen and oxygen atoms in total. The maximum atomic E-state index is 13.0. The van der Waals surface area contributed by atoms with E-state index in [1.54, 1.807) is 0 Å². The quantitative estimate of drug-likeness (QED) is 0.923. The highest BCUT2D eigenvalue weighted by atomic mass is 16.2. The number of nitrogens with one attached hydrogen (secondary N) is 1. The summed E-state index contributed by atoms with van der Waals surface area (Å²) in [7, 11) is 0. The van der Waals surface area contributed by atoms with E-state index in [-0.39, 0.29) is 5.92 Å². The average Bonchev–Trinajstić information content (AvgIpc) is 2.94. The van der Waals surface area contributed by atoms with E-state index in [9.17, 15) is 4.79 Å². The molecule has 2 fully saturated rings. The van der Waals surface area contributed by atoms with Gasteiger partial charge in [-0.3, -0.25) is 14.8 Å². The fourth-order valence-electron chi connectivity index (χ4n) is 4.44. The lowest BCUT2D eigenvalue weighted by atomic mass is 9.88. The molecule has 3 heterocycles. The summed E-state index contributed by atoms with van der Waals surface area (Å²) < 4.78 is 0. The summed E-state index contributed by atoms with van der Waals surface area (Å²) in [4.78, 5) is 24.1. The van der Waals surface area contributed by atoms with Crippen LogP contribution in [0, 0.1) is 11.8 Å². The Bertz CT molecular complexity index is 751. The van der Waals surface area contributed by atoms with Gasteiger partial charge in [-0.1, -0.05) is 19.3 Å². The summed E-state index contributed by atoms with van der Waals surface area (Å²) in [5.74, 6) is 1.06. The first-order chi connectivity index (χ1) is 12.8. The second-order valence-electron chi connectivity index (χ2n) is 7.73. The summed E-state index contributed by atoms with van der Waals surface area (Å²) in [5.41, 5.74) is 3.17. The van der Waals surface area contributed by atoms with Gasteiger partial charge in [0.05, 0.1) is 11.0 Å². The number of fused-ring (bicyclic) bond motifs is 1. The third kappa shape index (κ3) is 3.88. The molecule has 2 aromatic heterocycles. The fraction of sp³-hybridized carbons (Fsp3) is 0.571. The summed E-state index contributed by atoms with van der Waals surface area (Å²) in [6.07, 6.45) is 10.5. The summed E-state index contributed by atoms with van der Waals surface area (Å²) >= 11 is 0. The molecule has 1 aliphatic carbocycles. The van der Waals surface area contributed by atoms with Crippen molar-refractivity contribution in [2.45, 2.75) is 38.5 Å². The van der Waals surface area contributed by atoms with Gasteiger partial charge in [0, 0.05) is 44.5 Å². The number of hydrogen-bond donors (Lipinski definition) is 1. The number of rotatable bonds is 3. The number of nitrogens with zero attached hydrogens (tertiary/aromatic N) is 3. The first-order valence-electron chi connectivity index (χ1n) is 9.99. The molecule has 0 bridgehead atoms. The van der Waals surface area contributed by atoms with Crippen LogP contribution in [0.25, 0.3) is 11.0 Å². The molecular formula is C21H28N4O. The van der Waals surface area contributed by atoms with Gasteiger partial charge in [0.25, 0.3) is 0 Å². The van der Waals surface area contributed by atoms with Crippen molar-refractivity contribution in [3.63, 3.8) is 0 Å². The van der Waals surface area contributed by atoms with Crippen molar-refractivity contribution < 1.29 is 4.79 Å². The first kappa shape index (κ1) is 17.4. The van der Waals surface area contributed by atoms with Gasteiger partial charge in [-0.2, -0.15) is 0 Å². The van der Waals surface area contributed by atoms with Gasteiger partial charge in [-0.25, -0.2) is 0 Å². The van der Waals surface area contributed by atoms with E-state index in [2.05, 4.69) is 26.3 Å². The Morgan fingerprint density at radius 3 is 2.92 bits per heavy atom. The van der Waals surface area contributed by atoms with Gasteiger partial charge in [0.1, 0.15) is 0 Å². The van der Waals surface area contributed by atoms with Crippen molar-refractivity contribution in [1.82, 2.24) is 20.2 Å². The van der Waals surface area contributed by atoms with Crippen molar-refractivity contribution in [3.05, 3.63) is 36.2 Å². The number of pyridine rings is 2. The molecule has 1 saturated heterocycles. The first-order valence-corrected chi connectivity index (χ1v) is 9.99. The number of carbonyl (C=O) groups is 1. The van der Waals surface area contributed by atoms with Crippen LogP contribution in [-0.4, -0.2) is 47.0 Å². The molecule has 1 aliphatic heterocycles. The molecule has 0 radical (unpaired) electrons. The highest BCUT2D eigenvalue weighted by Gasteiger charge is 2.29. The molecule has 138 valence electrons. The van der Waals surface area contributed by atoms with E-state index < -0.39 is 0 Å². The maximum absolute atomic E-state index is 13.0. The molecule has 0 spiro atoms. The van der Waals surface area contributed by atoms with E-state index in [0.717, 1.165) is 56.5 Å². The molecule has 1 amide bonds. The Balaban J connectivity index is 1.48. The molecule has 0 unspecified atom stereocenters. The number of amides is 1. The molecule has 5 heteroatoms. The lowest BCUT2D eigenvalue weighted by molar-refractivity contribution is -0.136. The number of carbonyl (C=O) groups excluding carboxylic acids is 1. The van der Waals surface area contributed by atoms with E-state index in [4.69, 9.17) is 0 Å². The second kappa shape index (κ2) is 8.12. The van der Waals surface area contributed by atoms with Gasteiger partial charge in [0.2, 0.25) is 5.91 Å². The van der Waals surface area contributed by atoms with Gasteiger partial charge >= 0.3 is 0 Å². The third-order valence-electron chi connectivity index (χ3n) is 5.82. The van der Waals surface area contributed by atoms with Crippen LogP contribution in [0.4, 0.5) is 0 Å². The molecule has 26 heavy (non-hydrogen) atoms. The smallest absolute Gasteiger partial charge is 0.225 e. The van der Waals surface area contributed by atoms with E-state index in [0.29, 0.717) is 11.8 Å². The molecular weight excluding hydrogens is 324 g/mol. The zero-order chi connectivity index (χ0) is 17.8. The van der Waals surface area contributed by atoms with Crippen LogP contribution >= 0.6 is 0 Å². The molecule has 1 atom stereocenters. The van der Waals surface area contributed by atoms with Gasteiger partial charge in [-0.05, 0) is 48.9 Å². The SMILES string of the molecule is O=C(C1CCCCC1)N1CCNC[C@H](Cc2ccnc3cccnc23)C1. The Hall–Kier alpha value is -2.01. The lowest BCUT2D eigenvalue weighted by Crippen LogP contribution is -2.40. The molecule has 1 N–H and O–H groups in total. The molecule has 0 aromatic carbocycles. The maximum Gasteiger partial charge on any atom is 0.225 e. The molecule has 2 aliphatic rings. The topological polar surface area (TPSA) is 58.1 Å². The van der Waals surface area contributed by atoms with Crippen LogP contribution in [-0.2, 0) is 11.2 Å². The Labute approximate surface area is 155 Å². The van der Waals surface area contributed by atoms with Crippen molar-refractivity contribution in [1.29, 1.82) is 0 Å². The fourth-order valence-corrected chi connectivity index (χ4v) is 4.44. The van der Waals surface area contributed by atoms with Crippen LogP contribution in [0.15, 0.2) is 30.6 Å². The zero-order valence-corrected chi connectivity index (χ0v) is 15.4. The van der Waals surface area contributed by atoms with Gasteiger partial charge in [0.15, 0.2) is 0 Å². The molecule has 1 saturated carbocycles. The monoisotopic (exact) mass is 352 g/mol. The Morgan fingerprint density at radius 2 is 2.04 bits per heavy atom. The minimum atomic E-state index is 0.255. The largest absolute Gasteiger partial charge is 0.341 e. The third-order valence-corrected chi connectivity index (χ3v) is 5.82. The highest BCUT2D eigenvalue weighted by Crippen LogP contribution is 2.26. The minimum Gasteiger partial charge on any atom is -0.341 e. The zero-order valence-electron chi connectivity index (χ0n) is 15.4. The van der Waals surface area contributed by atoms with Gasteiger partial charge < -0.3 is 10.2 Å².